The highest BCUT2D eigenvalue weighted by Gasteiger charge is 2.28. The van der Waals surface area contributed by atoms with Crippen LogP contribution < -0.4 is 10.5 Å². The van der Waals surface area contributed by atoms with Gasteiger partial charge in [0, 0.05) is 12.4 Å². The second kappa shape index (κ2) is 3.92. The van der Waals surface area contributed by atoms with Gasteiger partial charge in [-0.3, -0.25) is 4.98 Å². The third kappa shape index (κ3) is 1.57. The van der Waals surface area contributed by atoms with Crippen molar-refractivity contribution in [2.24, 2.45) is 11.7 Å². The predicted octanol–water partition coefficient (Wildman–Crippen LogP) is 1.29. The van der Waals surface area contributed by atoms with Crippen molar-refractivity contribution in [1.82, 2.24) is 9.97 Å². The molecule has 2 rings (SSSR count). The third-order valence-corrected chi connectivity index (χ3v) is 2.86. The number of rotatable bonds is 3. The van der Waals surface area contributed by atoms with Crippen molar-refractivity contribution in [3.63, 3.8) is 0 Å². The highest BCUT2D eigenvalue weighted by Crippen LogP contribution is 2.37. The van der Waals surface area contributed by atoms with Crippen molar-refractivity contribution in [2.75, 3.05) is 7.11 Å². The van der Waals surface area contributed by atoms with Crippen LogP contribution in [0, 0.1) is 5.92 Å². The van der Waals surface area contributed by atoms with Gasteiger partial charge in [0.1, 0.15) is 5.69 Å². The van der Waals surface area contributed by atoms with Gasteiger partial charge >= 0.3 is 0 Å². The quantitative estimate of drug-likeness (QED) is 0.785. The molecule has 0 saturated heterocycles. The van der Waals surface area contributed by atoms with Gasteiger partial charge < -0.3 is 10.5 Å². The zero-order valence-electron chi connectivity index (χ0n) is 8.31. The smallest absolute Gasteiger partial charge is 0.236 e. The topological polar surface area (TPSA) is 61.0 Å². The summed E-state index contributed by atoms with van der Waals surface area (Å²) >= 11 is 0. The molecule has 0 aliphatic heterocycles. The minimum Gasteiger partial charge on any atom is -0.480 e. The van der Waals surface area contributed by atoms with Gasteiger partial charge in [-0.05, 0) is 18.8 Å². The fourth-order valence-electron chi connectivity index (χ4n) is 1.74. The summed E-state index contributed by atoms with van der Waals surface area (Å²) in [6.07, 6.45) is 6.95. The van der Waals surface area contributed by atoms with Crippen LogP contribution in [0.2, 0.25) is 0 Å². The van der Waals surface area contributed by atoms with E-state index in [4.69, 9.17) is 10.5 Å². The molecule has 0 bridgehead atoms. The lowest BCUT2D eigenvalue weighted by atomic mass is 9.79. The first-order valence-electron chi connectivity index (χ1n) is 4.93. The summed E-state index contributed by atoms with van der Waals surface area (Å²) in [7, 11) is 1.60. The van der Waals surface area contributed by atoms with Crippen LogP contribution in [-0.4, -0.2) is 17.1 Å². The molecule has 0 spiro atoms. The largest absolute Gasteiger partial charge is 0.480 e. The molecule has 1 aliphatic carbocycles. The summed E-state index contributed by atoms with van der Waals surface area (Å²) < 4.78 is 5.13. The van der Waals surface area contributed by atoms with E-state index in [1.54, 1.807) is 19.5 Å². The van der Waals surface area contributed by atoms with E-state index in [1.165, 1.54) is 19.3 Å². The summed E-state index contributed by atoms with van der Waals surface area (Å²) in [5.74, 6) is 1.12. The fourth-order valence-corrected chi connectivity index (χ4v) is 1.74. The van der Waals surface area contributed by atoms with E-state index >= 15 is 0 Å². The molecule has 2 N–H and O–H groups in total. The molecule has 4 heteroatoms. The van der Waals surface area contributed by atoms with E-state index in [0.717, 1.165) is 5.69 Å². The van der Waals surface area contributed by atoms with E-state index in [1.807, 2.05) is 0 Å². The average Bonchev–Trinajstić information content (AvgIpc) is 2.15. The van der Waals surface area contributed by atoms with E-state index < -0.39 is 0 Å². The maximum atomic E-state index is 6.09. The van der Waals surface area contributed by atoms with Crippen LogP contribution in [0.1, 0.15) is 31.0 Å². The lowest BCUT2D eigenvalue weighted by Gasteiger charge is -2.30. The van der Waals surface area contributed by atoms with Crippen LogP contribution in [0.15, 0.2) is 12.4 Å². The zero-order chi connectivity index (χ0) is 9.97. The Labute approximate surface area is 83.5 Å². The molecule has 1 atom stereocenters. The summed E-state index contributed by atoms with van der Waals surface area (Å²) in [5, 5.41) is 0. The number of methoxy groups -OCH3 is 1. The zero-order valence-corrected chi connectivity index (χ0v) is 8.31. The second-order valence-electron chi connectivity index (χ2n) is 3.67. The maximum absolute atomic E-state index is 6.09. The van der Waals surface area contributed by atoms with Gasteiger partial charge in [0.2, 0.25) is 5.88 Å². The van der Waals surface area contributed by atoms with Gasteiger partial charge in [-0.2, -0.15) is 0 Å². The van der Waals surface area contributed by atoms with Crippen molar-refractivity contribution in [2.45, 2.75) is 25.3 Å². The normalized spacial score (nSPS) is 18.7. The average molecular weight is 193 g/mol. The Balaban J connectivity index is 2.20. The molecule has 1 aromatic rings. The van der Waals surface area contributed by atoms with Gasteiger partial charge in [0.25, 0.3) is 0 Å². The Kier molecular flexibility index (Phi) is 2.63. The SMILES string of the molecule is COc1nccnc1C(N)C1CCC1. The number of hydrogen-bond acceptors (Lipinski definition) is 4. The Morgan fingerprint density at radius 2 is 2.14 bits per heavy atom. The molecule has 1 unspecified atom stereocenters. The van der Waals surface area contributed by atoms with Gasteiger partial charge in [0.05, 0.1) is 13.2 Å². The third-order valence-electron chi connectivity index (χ3n) is 2.86. The Morgan fingerprint density at radius 1 is 1.43 bits per heavy atom. The summed E-state index contributed by atoms with van der Waals surface area (Å²) in [6.45, 7) is 0. The van der Waals surface area contributed by atoms with Crippen LogP contribution >= 0.6 is 0 Å². The molecule has 1 aliphatic rings. The van der Waals surface area contributed by atoms with E-state index in [2.05, 4.69) is 9.97 Å². The van der Waals surface area contributed by atoms with Crippen molar-refractivity contribution in [1.29, 1.82) is 0 Å². The van der Waals surface area contributed by atoms with Gasteiger partial charge in [-0.15, -0.1) is 0 Å². The Hall–Kier alpha value is -1.16. The summed E-state index contributed by atoms with van der Waals surface area (Å²) in [5.41, 5.74) is 6.89. The van der Waals surface area contributed by atoms with Crippen molar-refractivity contribution in [3.05, 3.63) is 18.1 Å². The first-order chi connectivity index (χ1) is 6.83. The molecule has 0 amide bonds. The number of aromatic nitrogens is 2. The van der Waals surface area contributed by atoms with E-state index in [-0.39, 0.29) is 6.04 Å². The lowest BCUT2D eigenvalue weighted by Crippen LogP contribution is -2.28. The highest BCUT2D eigenvalue weighted by atomic mass is 16.5. The fraction of sp³-hybridized carbons (Fsp3) is 0.600. The first-order valence-corrected chi connectivity index (χ1v) is 4.93. The molecule has 1 aromatic heterocycles. The van der Waals surface area contributed by atoms with Crippen LogP contribution in [-0.2, 0) is 0 Å². The Bertz CT molecular complexity index is 312. The Morgan fingerprint density at radius 3 is 2.71 bits per heavy atom. The van der Waals surface area contributed by atoms with Crippen molar-refractivity contribution < 1.29 is 4.74 Å². The number of ether oxygens (including phenoxy) is 1. The minimum atomic E-state index is -0.0209. The van der Waals surface area contributed by atoms with E-state index in [0.29, 0.717) is 11.8 Å². The molecular weight excluding hydrogens is 178 g/mol. The lowest BCUT2D eigenvalue weighted by molar-refractivity contribution is 0.254. The predicted molar refractivity (Wildman–Crippen MR) is 52.9 cm³/mol. The van der Waals surface area contributed by atoms with Crippen LogP contribution in [0.25, 0.3) is 0 Å². The van der Waals surface area contributed by atoms with E-state index in [9.17, 15) is 0 Å². The van der Waals surface area contributed by atoms with Crippen LogP contribution in [0.3, 0.4) is 0 Å². The van der Waals surface area contributed by atoms with Crippen LogP contribution in [0.4, 0.5) is 0 Å². The number of nitrogens with two attached hydrogens (primary N) is 1. The van der Waals surface area contributed by atoms with Crippen molar-refractivity contribution >= 4 is 0 Å². The molecule has 76 valence electrons. The minimum absolute atomic E-state index is 0.0209. The monoisotopic (exact) mass is 193 g/mol. The van der Waals surface area contributed by atoms with Gasteiger partial charge in [0.15, 0.2) is 0 Å². The van der Waals surface area contributed by atoms with Crippen molar-refractivity contribution in [3.8, 4) is 5.88 Å². The number of hydrogen-bond donors (Lipinski definition) is 1. The number of nitrogens with zero attached hydrogens (tertiary/aromatic N) is 2. The molecule has 1 heterocycles. The highest BCUT2D eigenvalue weighted by molar-refractivity contribution is 5.21. The maximum Gasteiger partial charge on any atom is 0.236 e. The molecule has 1 saturated carbocycles. The van der Waals surface area contributed by atoms with Gasteiger partial charge in [-0.25, -0.2) is 4.98 Å². The molecule has 4 nitrogen and oxygen atoms in total. The standard InChI is InChI=1S/C10H15N3O/c1-14-10-9(12-5-6-13-10)8(11)7-3-2-4-7/h5-8H,2-4,11H2,1H3. The molecule has 0 aromatic carbocycles. The second-order valence-corrected chi connectivity index (χ2v) is 3.67. The molecule has 1 fully saturated rings. The van der Waals surface area contributed by atoms with Gasteiger partial charge in [-0.1, -0.05) is 6.42 Å². The molecule has 14 heavy (non-hydrogen) atoms. The van der Waals surface area contributed by atoms with Crippen LogP contribution in [0.5, 0.6) is 5.88 Å². The summed E-state index contributed by atoms with van der Waals surface area (Å²) in [6, 6.07) is -0.0209. The molecule has 0 radical (unpaired) electrons. The summed E-state index contributed by atoms with van der Waals surface area (Å²) in [4.78, 5) is 8.33. The molecular formula is C10H15N3O. The first kappa shape index (κ1) is 9.40.